The minimum atomic E-state index is -0.447. The van der Waals surface area contributed by atoms with Gasteiger partial charge in [0.15, 0.2) is 11.6 Å². The number of H-pyrrole nitrogens is 2. The first-order valence-electron chi connectivity index (χ1n) is 9.81. The zero-order valence-electron chi connectivity index (χ0n) is 16.5. The lowest BCUT2D eigenvalue weighted by molar-refractivity contribution is 0.636. The molecular weight excluding hydrogens is 407 g/mol. The van der Waals surface area contributed by atoms with Crippen molar-refractivity contribution in [2.45, 2.75) is 0 Å². The molecule has 4 N–H and O–H groups in total. The van der Waals surface area contributed by atoms with Crippen molar-refractivity contribution >= 4 is 27.6 Å². The fraction of sp³-hybridized carbons (Fsp3) is 0. The fourth-order valence-corrected chi connectivity index (χ4v) is 3.81. The zero-order chi connectivity index (χ0) is 21.7. The van der Waals surface area contributed by atoms with E-state index in [1.165, 1.54) is 6.07 Å². The van der Waals surface area contributed by atoms with E-state index in [0.29, 0.717) is 39.2 Å². The standard InChI is InChI=1S/C23H15FN8/c24-17-9-13(14-7-15(25)11-27-10-14)8-16-20(17)31-32-21(16)23-29-18-3-6-28-19(22(18)30-23)12-1-4-26-5-2-12/h1-11H,25H2,(H,29,30)(H,31,32). The molecule has 0 radical (unpaired) electrons. The van der Waals surface area contributed by atoms with Crippen LogP contribution < -0.4 is 5.73 Å². The van der Waals surface area contributed by atoms with Gasteiger partial charge in [0.05, 0.1) is 16.9 Å². The number of imidazole rings is 1. The van der Waals surface area contributed by atoms with Crippen LogP contribution in [0.1, 0.15) is 0 Å². The molecule has 6 aromatic rings. The van der Waals surface area contributed by atoms with Gasteiger partial charge >= 0.3 is 0 Å². The monoisotopic (exact) mass is 422 g/mol. The number of nitrogens with two attached hydrogens (primary N) is 1. The number of fused-ring (bicyclic) bond motifs is 2. The molecule has 154 valence electrons. The summed E-state index contributed by atoms with van der Waals surface area (Å²) in [5, 5.41) is 7.70. The largest absolute Gasteiger partial charge is 0.397 e. The third-order valence-corrected chi connectivity index (χ3v) is 5.30. The van der Waals surface area contributed by atoms with Crippen molar-refractivity contribution in [1.29, 1.82) is 0 Å². The number of aromatic nitrogens is 7. The summed E-state index contributed by atoms with van der Waals surface area (Å²) in [6.07, 6.45) is 8.33. The number of aromatic amines is 2. The van der Waals surface area contributed by atoms with Gasteiger partial charge in [-0.05, 0) is 42.0 Å². The molecule has 0 amide bonds. The smallest absolute Gasteiger partial charge is 0.157 e. The highest BCUT2D eigenvalue weighted by atomic mass is 19.1. The van der Waals surface area contributed by atoms with Crippen molar-refractivity contribution in [3.63, 3.8) is 0 Å². The van der Waals surface area contributed by atoms with Crippen LogP contribution in [0.25, 0.3) is 55.8 Å². The second kappa shape index (κ2) is 6.95. The summed E-state index contributed by atoms with van der Waals surface area (Å²) in [6.45, 7) is 0. The Balaban J connectivity index is 1.54. The molecule has 5 heterocycles. The van der Waals surface area contributed by atoms with Gasteiger partial charge in [-0.2, -0.15) is 5.10 Å². The lowest BCUT2D eigenvalue weighted by Crippen LogP contribution is -1.89. The Bertz CT molecular complexity index is 1600. The zero-order valence-corrected chi connectivity index (χ0v) is 16.5. The van der Waals surface area contributed by atoms with Crippen LogP contribution >= 0.6 is 0 Å². The van der Waals surface area contributed by atoms with Crippen LogP contribution in [0.5, 0.6) is 0 Å². The minimum absolute atomic E-state index is 0.230. The van der Waals surface area contributed by atoms with Gasteiger partial charge < -0.3 is 10.7 Å². The van der Waals surface area contributed by atoms with Crippen LogP contribution in [-0.4, -0.2) is 35.1 Å². The van der Waals surface area contributed by atoms with Gasteiger partial charge in [-0.3, -0.25) is 20.1 Å². The van der Waals surface area contributed by atoms with E-state index in [-0.39, 0.29) is 5.52 Å². The summed E-state index contributed by atoms with van der Waals surface area (Å²) in [5.41, 5.74) is 11.7. The van der Waals surface area contributed by atoms with E-state index in [0.717, 1.165) is 16.8 Å². The van der Waals surface area contributed by atoms with Crippen molar-refractivity contribution in [2.24, 2.45) is 0 Å². The molecule has 0 aliphatic carbocycles. The number of anilines is 1. The number of nitrogens with one attached hydrogen (secondary N) is 2. The Labute approximate surface area is 180 Å². The molecule has 0 atom stereocenters. The molecule has 0 unspecified atom stereocenters. The molecule has 9 heteroatoms. The molecule has 0 saturated carbocycles. The average Bonchev–Trinajstić information content (AvgIpc) is 3.44. The molecule has 0 aliphatic rings. The topological polar surface area (TPSA) is 122 Å². The highest BCUT2D eigenvalue weighted by Crippen LogP contribution is 2.33. The fourth-order valence-electron chi connectivity index (χ4n) is 3.81. The summed E-state index contributed by atoms with van der Waals surface area (Å²) in [7, 11) is 0. The van der Waals surface area contributed by atoms with Gasteiger partial charge in [-0.15, -0.1) is 0 Å². The lowest BCUT2D eigenvalue weighted by Gasteiger charge is -2.04. The Morgan fingerprint density at radius 2 is 1.72 bits per heavy atom. The summed E-state index contributed by atoms with van der Waals surface area (Å²) in [6, 6.07) is 10.6. The minimum Gasteiger partial charge on any atom is -0.397 e. The predicted octanol–water partition coefficient (Wildman–Crippen LogP) is 4.35. The van der Waals surface area contributed by atoms with Crippen molar-refractivity contribution in [2.75, 3.05) is 5.73 Å². The van der Waals surface area contributed by atoms with E-state index in [1.807, 2.05) is 24.3 Å². The Kier molecular flexibility index (Phi) is 3.94. The molecule has 32 heavy (non-hydrogen) atoms. The van der Waals surface area contributed by atoms with Gasteiger partial charge in [0.25, 0.3) is 0 Å². The quantitative estimate of drug-likeness (QED) is 0.390. The Morgan fingerprint density at radius 3 is 2.56 bits per heavy atom. The highest BCUT2D eigenvalue weighted by Gasteiger charge is 2.18. The molecule has 0 spiro atoms. The van der Waals surface area contributed by atoms with Crippen molar-refractivity contribution in [1.82, 2.24) is 35.1 Å². The van der Waals surface area contributed by atoms with E-state index >= 15 is 0 Å². The second-order valence-corrected chi connectivity index (χ2v) is 7.34. The van der Waals surface area contributed by atoms with E-state index < -0.39 is 5.82 Å². The summed E-state index contributed by atoms with van der Waals surface area (Å²) < 4.78 is 14.9. The van der Waals surface area contributed by atoms with Gasteiger partial charge in [0, 0.05) is 47.5 Å². The van der Waals surface area contributed by atoms with Crippen LogP contribution in [0.15, 0.2) is 67.4 Å². The van der Waals surface area contributed by atoms with E-state index in [4.69, 9.17) is 10.7 Å². The average molecular weight is 422 g/mol. The lowest BCUT2D eigenvalue weighted by atomic mass is 10.0. The Hall–Kier alpha value is -4.66. The Morgan fingerprint density at radius 1 is 0.844 bits per heavy atom. The van der Waals surface area contributed by atoms with Gasteiger partial charge in [-0.1, -0.05) is 0 Å². The van der Waals surface area contributed by atoms with Crippen molar-refractivity contribution < 1.29 is 4.39 Å². The van der Waals surface area contributed by atoms with E-state index in [1.54, 1.807) is 37.1 Å². The van der Waals surface area contributed by atoms with Crippen molar-refractivity contribution in [3.05, 3.63) is 73.2 Å². The van der Waals surface area contributed by atoms with Gasteiger partial charge in [0.1, 0.15) is 16.7 Å². The van der Waals surface area contributed by atoms with Crippen LogP contribution in [0, 0.1) is 5.82 Å². The first-order chi connectivity index (χ1) is 15.7. The van der Waals surface area contributed by atoms with E-state index in [9.17, 15) is 4.39 Å². The molecular formula is C23H15FN8. The number of benzene rings is 1. The van der Waals surface area contributed by atoms with Crippen LogP contribution in [0.3, 0.4) is 0 Å². The highest BCUT2D eigenvalue weighted by molar-refractivity contribution is 5.97. The number of nitrogens with zero attached hydrogens (tertiary/aromatic N) is 5. The number of rotatable bonds is 3. The summed E-state index contributed by atoms with van der Waals surface area (Å²) in [4.78, 5) is 20.7. The number of pyridine rings is 3. The third-order valence-electron chi connectivity index (χ3n) is 5.30. The van der Waals surface area contributed by atoms with Crippen molar-refractivity contribution in [3.8, 4) is 33.9 Å². The molecule has 0 fully saturated rings. The maximum absolute atomic E-state index is 14.9. The molecule has 5 aromatic heterocycles. The van der Waals surface area contributed by atoms with Crippen LogP contribution in [0.2, 0.25) is 0 Å². The molecule has 8 nitrogen and oxygen atoms in total. The van der Waals surface area contributed by atoms with Gasteiger partial charge in [0.2, 0.25) is 0 Å². The third kappa shape index (κ3) is 2.87. The first-order valence-corrected chi connectivity index (χ1v) is 9.81. The number of hydrogen-bond acceptors (Lipinski definition) is 6. The number of halogens is 1. The normalized spacial score (nSPS) is 11.4. The SMILES string of the molecule is Nc1cncc(-c2cc(F)c3n[nH]c(-c4nc5c(-c6ccncc6)nccc5[nH]4)c3c2)c1. The number of hydrogen-bond donors (Lipinski definition) is 3. The first kappa shape index (κ1) is 18.1. The number of nitrogen functional groups attached to an aromatic ring is 1. The molecule has 1 aromatic carbocycles. The van der Waals surface area contributed by atoms with Crippen LogP contribution in [0.4, 0.5) is 10.1 Å². The second-order valence-electron chi connectivity index (χ2n) is 7.34. The molecule has 0 aliphatic heterocycles. The summed E-state index contributed by atoms with van der Waals surface area (Å²) in [5.74, 6) is 0.0886. The molecule has 0 saturated heterocycles. The maximum atomic E-state index is 14.9. The predicted molar refractivity (Wildman–Crippen MR) is 120 cm³/mol. The maximum Gasteiger partial charge on any atom is 0.157 e. The van der Waals surface area contributed by atoms with Crippen LogP contribution in [-0.2, 0) is 0 Å². The molecule has 0 bridgehead atoms. The summed E-state index contributed by atoms with van der Waals surface area (Å²) >= 11 is 0. The molecule has 6 rings (SSSR count). The van der Waals surface area contributed by atoms with E-state index in [2.05, 4.69) is 30.1 Å². The van der Waals surface area contributed by atoms with Gasteiger partial charge in [-0.25, -0.2) is 9.37 Å².